The van der Waals surface area contributed by atoms with Gasteiger partial charge in [0.1, 0.15) is 4.90 Å². The lowest BCUT2D eigenvalue weighted by Gasteiger charge is -2.07. The number of non-ortho nitro benzene ring substituents is 1. The summed E-state index contributed by atoms with van der Waals surface area (Å²) in [5.74, 6) is 0. The first kappa shape index (κ1) is 14.9. The van der Waals surface area contributed by atoms with Crippen molar-refractivity contribution in [3.05, 3.63) is 49.9 Å². The first-order chi connectivity index (χ1) is 9.40. The predicted octanol–water partition coefficient (Wildman–Crippen LogP) is 2.18. The van der Waals surface area contributed by atoms with Crippen molar-refractivity contribution >= 4 is 38.6 Å². The number of sulfonamides is 1. The quantitative estimate of drug-likeness (QED) is 0.667. The van der Waals surface area contributed by atoms with Crippen LogP contribution in [0.4, 0.5) is 5.69 Å². The molecule has 7 nitrogen and oxygen atoms in total. The first-order valence-electron chi connectivity index (χ1n) is 5.21. The monoisotopic (exact) mass is 333 g/mol. The molecular weight excluding hydrogens is 326 g/mol. The van der Waals surface area contributed by atoms with Crippen LogP contribution in [0.15, 0.2) is 34.8 Å². The Hall–Kier alpha value is -1.55. The van der Waals surface area contributed by atoms with Crippen molar-refractivity contribution in [1.82, 2.24) is 9.71 Å². The fourth-order valence-electron chi connectivity index (χ4n) is 1.38. The third-order valence-corrected chi connectivity index (χ3v) is 5.00. The van der Waals surface area contributed by atoms with Crippen molar-refractivity contribution in [3.63, 3.8) is 0 Å². The zero-order valence-corrected chi connectivity index (χ0v) is 12.2. The minimum Gasteiger partial charge on any atom is -0.258 e. The van der Waals surface area contributed by atoms with Gasteiger partial charge in [-0.25, -0.2) is 13.1 Å². The van der Waals surface area contributed by atoms with Gasteiger partial charge in [0.25, 0.3) is 5.69 Å². The van der Waals surface area contributed by atoms with Gasteiger partial charge in [-0.05, 0) is 6.07 Å². The highest BCUT2D eigenvalue weighted by atomic mass is 35.5. The molecular formula is C10H8ClN3O4S2. The molecule has 0 saturated carbocycles. The van der Waals surface area contributed by atoms with E-state index in [0.29, 0.717) is 0 Å². The maximum Gasteiger partial charge on any atom is 0.270 e. The third kappa shape index (κ3) is 3.31. The van der Waals surface area contributed by atoms with Gasteiger partial charge in [-0.1, -0.05) is 11.6 Å². The maximum atomic E-state index is 12.1. The van der Waals surface area contributed by atoms with E-state index in [4.69, 9.17) is 11.6 Å². The van der Waals surface area contributed by atoms with Crippen LogP contribution in [-0.4, -0.2) is 18.3 Å². The van der Waals surface area contributed by atoms with Crippen LogP contribution >= 0.6 is 22.9 Å². The third-order valence-electron chi connectivity index (χ3n) is 2.34. The summed E-state index contributed by atoms with van der Waals surface area (Å²) in [5, 5.41) is 10.6. The van der Waals surface area contributed by atoms with E-state index in [1.165, 1.54) is 23.6 Å². The Bertz CT molecular complexity index is 731. The Morgan fingerprint density at radius 1 is 1.45 bits per heavy atom. The van der Waals surface area contributed by atoms with Crippen molar-refractivity contribution < 1.29 is 13.3 Å². The molecule has 0 bridgehead atoms. The molecule has 0 saturated heterocycles. The number of hydrogen-bond acceptors (Lipinski definition) is 6. The molecule has 0 aliphatic rings. The number of nitro benzene ring substituents is 1. The fourth-order valence-corrected chi connectivity index (χ4v) is 3.53. The van der Waals surface area contributed by atoms with E-state index < -0.39 is 14.9 Å². The first-order valence-corrected chi connectivity index (χ1v) is 7.95. The SMILES string of the molecule is O=[N+]([O-])c1ccc(Cl)c(S(=O)(=O)NCc2cncs2)c1. The molecule has 0 amide bonds. The molecule has 0 aliphatic carbocycles. The molecule has 2 aromatic rings. The molecule has 0 fully saturated rings. The van der Waals surface area contributed by atoms with Gasteiger partial charge in [0.05, 0.1) is 15.5 Å². The highest BCUT2D eigenvalue weighted by Crippen LogP contribution is 2.26. The summed E-state index contributed by atoms with van der Waals surface area (Å²) in [6.07, 6.45) is 1.53. The van der Waals surface area contributed by atoms with Gasteiger partial charge >= 0.3 is 0 Å². The second kappa shape index (κ2) is 5.83. The fraction of sp³-hybridized carbons (Fsp3) is 0.100. The zero-order valence-electron chi connectivity index (χ0n) is 9.82. The van der Waals surface area contributed by atoms with E-state index in [9.17, 15) is 18.5 Å². The van der Waals surface area contributed by atoms with Crippen LogP contribution in [0.5, 0.6) is 0 Å². The van der Waals surface area contributed by atoms with E-state index >= 15 is 0 Å². The summed E-state index contributed by atoms with van der Waals surface area (Å²) in [4.78, 5) is 14.2. The van der Waals surface area contributed by atoms with E-state index in [-0.39, 0.29) is 22.2 Å². The highest BCUT2D eigenvalue weighted by Gasteiger charge is 2.21. The van der Waals surface area contributed by atoms with Crippen LogP contribution in [-0.2, 0) is 16.6 Å². The molecule has 1 aromatic heterocycles. The lowest BCUT2D eigenvalue weighted by molar-refractivity contribution is -0.385. The van der Waals surface area contributed by atoms with Crippen LogP contribution < -0.4 is 4.72 Å². The average Bonchev–Trinajstić information content (AvgIpc) is 2.89. The number of aromatic nitrogens is 1. The van der Waals surface area contributed by atoms with Crippen LogP contribution in [0, 0.1) is 10.1 Å². The lowest BCUT2D eigenvalue weighted by Crippen LogP contribution is -2.23. The maximum absolute atomic E-state index is 12.1. The second-order valence-corrected chi connectivity index (χ2v) is 6.78. The van der Waals surface area contributed by atoms with Crippen LogP contribution in [0.3, 0.4) is 0 Å². The molecule has 20 heavy (non-hydrogen) atoms. The summed E-state index contributed by atoms with van der Waals surface area (Å²) < 4.78 is 26.5. The second-order valence-electron chi connectivity index (χ2n) is 3.66. The molecule has 1 heterocycles. The molecule has 0 atom stereocenters. The predicted molar refractivity (Wildman–Crippen MR) is 74.2 cm³/mol. The van der Waals surface area contributed by atoms with E-state index in [1.54, 1.807) is 5.51 Å². The standard InChI is InChI=1S/C10H8ClN3O4S2/c11-9-2-1-7(14(15)16)3-10(9)20(17,18)13-5-8-4-12-6-19-8/h1-4,6,13H,5H2. The molecule has 0 aliphatic heterocycles. The van der Waals surface area contributed by atoms with E-state index in [1.807, 2.05) is 0 Å². The average molecular weight is 334 g/mol. The molecule has 1 aromatic carbocycles. The molecule has 2 rings (SSSR count). The Labute approximate surface area is 123 Å². The van der Waals surface area contributed by atoms with Crippen molar-refractivity contribution in [3.8, 4) is 0 Å². The number of benzene rings is 1. The number of nitrogens with zero attached hydrogens (tertiary/aromatic N) is 2. The summed E-state index contributed by atoms with van der Waals surface area (Å²) >= 11 is 7.09. The summed E-state index contributed by atoms with van der Waals surface area (Å²) in [7, 11) is -3.93. The Morgan fingerprint density at radius 3 is 2.80 bits per heavy atom. The molecule has 0 radical (unpaired) electrons. The van der Waals surface area contributed by atoms with Gasteiger partial charge in [-0.3, -0.25) is 15.1 Å². The molecule has 106 valence electrons. The minimum atomic E-state index is -3.93. The molecule has 10 heteroatoms. The number of thiazole rings is 1. The molecule has 0 unspecified atom stereocenters. The molecule has 0 spiro atoms. The number of halogens is 1. The van der Waals surface area contributed by atoms with Crippen molar-refractivity contribution in [2.75, 3.05) is 0 Å². The van der Waals surface area contributed by atoms with Crippen molar-refractivity contribution in [1.29, 1.82) is 0 Å². The van der Waals surface area contributed by atoms with E-state index in [2.05, 4.69) is 9.71 Å². The highest BCUT2D eigenvalue weighted by molar-refractivity contribution is 7.89. The zero-order chi connectivity index (χ0) is 14.8. The smallest absolute Gasteiger partial charge is 0.258 e. The topological polar surface area (TPSA) is 102 Å². The van der Waals surface area contributed by atoms with Crippen molar-refractivity contribution in [2.24, 2.45) is 0 Å². The number of rotatable bonds is 5. The molecule has 1 N–H and O–H groups in total. The van der Waals surface area contributed by atoms with Gasteiger partial charge in [-0.2, -0.15) is 0 Å². The Morgan fingerprint density at radius 2 is 2.20 bits per heavy atom. The van der Waals surface area contributed by atoms with Crippen molar-refractivity contribution in [2.45, 2.75) is 11.4 Å². The van der Waals surface area contributed by atoms with Crippen LogP contribution in [0.25, 0.3) is 0 Å². The largest absolute Gasteiger partial charge is 0.270 e. The lowest BCUT2D eigenvalue weighted by atomic mass is 10.3. The summed E-state index contributed by atoms with van der Waals surface area (Å²) in [5.41, 5.74) is 1.23. The van der Waals surface area contributed by atoms with Crippen LogP contribution in [0.2, 0.25) is 5.02 Å². The Kier molecular flexibility index (Phi) is 4.33. The number of nitro groups is 1. The normalized spacial score (nSPS) is 11.4. The van der Waals surface area contributed by atoms with Gasteiger partial charge < -0.3 is 0 Å². The van der Waals surface area contributed by atoms with Gasteiger partial charge in [0.15, 0.2) is 0 Å². The minimum absolute atomic E-state index is 0.0476. The summed E-state index contributed by atoms with van der Waals surface area (Å²) in [6.45, 7) is 0.0476. The van der Waals surface area contributed by atoms with Gasteiger partial charge in [-0.15, -0.1) is 11.3 Å². The van der Waals surface area contributed by atoms with E-state index in [0.717, 1.165) is 17.0 Å². The van der Waals surface area contributed by atoms with Gasteiger partial charge in [0.2, 0.25) is 10.0 Å². The summed E-state index contributed by atoms with van der Waals surface area (Å²) in [6, 6.07) is 3.25. The van der Waals surface area contributed by atoms with Gasteiger partial charge in [0, 0.05) is 29.8 Å². The number of nitrogens with one attached hydrogen (secondary N) is 1. The Balaban J connectivity index is 2.28. The number of hydrogen-bond donors (Lipinski definition) is 1. The van der Waals surface area contributed by atoms with Crippen LogP contribution in [0.1, 0.15) is 4.88 Å².